The van der Waals surface area contributed by atoms with Gasteiger partial charge in [0.2, 0.25) is 0 Å². The van der Waals surface area contributed by atoms with Crippen LogP contribution in [-0.2, 0) is 18.9 Å². The molecule has 0 aliphatic carbocycles. The van der Waals surface area contributed by atoms with Gasteiger partial charge >= 0.3 is 0 Å². The average Bonchev–Trinajstić information content (AvgIpc) is 2.75. The molecule has 1 aliphatic rings. The third kappa shape index (κ3) is 8.01. The summed E-state index contributed by atoms with van der Waals surface area (Å²) in [6.07, 6.45) is 0. The van der Waals surface area contributed by atoms with Crippen LogP contribution in [0.2, 0.25) is 5.02 Å². The van der Waals surface area contributed by atoms with Gasteiger partial charge in [0.15, 0.2) is 0 Å². The highest BCUT2D eigenvalue weighted by atomic mass is 35.5. The van der Waals surface area contributed by atoms with Crippen molar-refractivity contribution in [2.45, 2.75) is 0 Å². The molecular formula is C22H28ClNO6. The van der Waals surface area contributed by atoms with Gasteiger partial charge in [-0.15, -0.1) is 0 Å². The molecule has 0 unspecified atom stereocenters. The number of rotatable bonds is 0. The first-order valence-corrected chi connectivity index (χ1v) is 10.4. The van der Waals surface area contributed by atoms with Crippen LogP contribution < -0.4 is 14.8 Å². The lowest BCUT2D eigenvalue weighted by atomic mass is 10.2. The molecule has 0 aromatic heterocycles. The van der Waals surface area contributed by atoms with E-state index in [1.54, 1.807) is 6.07 Å². The Morgan fingerprint density at radius 2 is 1.07 bits per heavy atom. The summed E-state index contributed by atoms with van der Waals surface area (Å²) in [5.41, 5.74) is 1.56. The zero-order valence-corrected chi connectivity index (χ0v) is 17.7. The van der Waals surface area contributed by atoms with Crippen LogP contribution in [0.3, 0.4) is 0 Å². The molecule has 164 valence electrons. The SMILES string of the molecule is Clc1ccc2c(c1)Nc1ccccc1OCCOCCOCCOCCOCCO2. The van der Waals surface area contributed by atoms with Gasteiger partial charge in [-0.3, -0.25) is 0 Å². The minimum atomic E-state index is 0.412. The second-order valence-corrected chi connectivity index (χ2v) is 6.84. The molecule has 1 heterocycles. The summed E-state index contributed by atoms with van der Waals surface area (Å²) in [4.78, 5) is 0. The zero-order chi connectivity index (χ0) is 20.9. The maximum absolute atomic E-state index is 6.20. The maximum Gasteiger partial charge on any atom is 0.142 e. The Bertz CT molecular complexity index is 760. The molecule has 0 saturated heterocycles. The monoisotopic (exact) mass is 437 g/mol. The standard InChI is InChI=1S/C22H28ClNO6/c23-18-5-6-22-20(17-18)24-19-3-1-2-4-21(19)29-15-13-27-11-9-25-7-8-26-10-12-28-14-16-30-22/h1-6,17,24H,7-16H2. The molecule has 0 atom stereocenters. The van der Waals surface area contributed by atoms with Crippen molar-refractivity contribution in [3.63, 3.8) is 0 Å². The fourth-order valence-corrected chi connectivity index (χ4v) is 2.92. The molecular weight excluding hydrogens is 410 g/mol. The van der Waals surface area contributed by atoms with Gasteiger partial charge in [0, 0.05) is 5.02 Å². The van der Waals surface area contributed by atoms with Gasteiger partial charge in [-0.25, -0.2) is 0 Å². The smallest absolute Gasteiger partial charge is 0.142 e. The summed E-state index contributed by atoms with van der Waals surface area (Å²) in [6.45, 7) is 4.87. The Balaban J connectivity index is 1.67. The van der Waals surface area contributed by atoms with Crippen LogP contribution in [0.1, 0.15) is 0 Å². The molecule has 0 fully saturated rings. The lowest BCUT2D eigenvalue weighted by molar-refractivity contribution is -0.00692. The highest BCUT2D eigenvalue weighted by molar-refractivity contribution is 6.31. The molecule has 3 rings (SSSR count). The van der Waals surface area contributed by atoms with E-state index in [1.165, 1.54) is 0 Å². The number of nitrogens with one attached hydrogen (secondary N) is 1. The first-order chi connectivity index (χ1) is 14.8. The lowest BCUT2D eigenvalue weighted by Gasteiger charge is -2.16. The van der Waals surface area contributed by atoms with Crippen LogP contribution >= 0.6 is 11.6 Å². The molecule has 1 N–H and O–H groups in total. The summed E-state index contributed by atoms with van der Waals surface area (Å²) in [5, 5.41) is 3.97. The van der Waals surface area contributed by atoms with Gasteiger partial charge < -0.3 is 33.7 Å². The summed E-state index contributed by atoms with van der Waals surface area (Å²) >= 11 is 6.20. The summed E-state index contributed by atoms with van der Waals surface area (Å²) in [5.74, 6) is 1.40. The quantitative estimate of drug-likeness (QED) is 0.669. The van der Waals surface area contributed by atoms with E-state index in [0.29, 0.717) is 76.8 Å². The van der Waals surface area contributed by atoms with Crippen LogP contribution in [-0.4, -0.2) is 66.1 Å². The Kier molecular flexibility index (Phi) is 10.0. The molecule has 2 aromatic carbocycles. The van der Waals surface area contributed by atoms with Gasteiger partial charge in [-0.2, -0.15) is 0 Å². The van der Waals surface area contributed by atoms with Crippen LogP contribution in [0.25, 0.3) is 0 Å². The first-order valence-electron chi connectivity index (χ1n) is 10.0. The minimum Gasteiger partial charge on any atom is -0.489 e. The van der Waals surface area contributed by atoms with Gasteiger partial charge in [-0.1, -0.05) is 23.7 Å². The van der Waals surface area contributed by atoms with Crippen molar-refractivity contribution in [2.75, 3.05) is 71.4 Å². The Morgan fingerprint density at radius 3 is 1.67 bits per heavy atom. The number of hydrogen-bond acceptors (Lipinski definition) is 7. The molecule has 1 aliphatic heterocycles. The van der Waals surface area contributed by atoms with Gasteiger partial charge in [0.1, 0.15) is 24.7 Å². The molecule has 8 heteroatoms. The number of fused-ring (bicyclic) bond motifs is 2. The van der Waals surface area contributed by atoms with Crippen molar-refractivity contribution in [2.24, 2.45) is 0 Å². The largest absolute Gasteiger partial charge is 0.489 e. The predicted molar refractivity (Wildman–Crippen MR) is 115 cm³/mol. The number of hydrogen-bond donors (Lipinski definition) is 1. The number of ether oxygens (including phenoxy) is 6. The number of halogens is 1. The van der Waals surface area contributed by atoms with Gasteiger partial charge in [0.05, 0.1) is 64.2 Å². The van der Waals surface area contributed by atoms with Crippen molar-refractivity contribution in [1.29, 1.82) is 0 Å². The van der Waals surface area contributed by atoms with Crippen LogP contribution in [0.15, 0.2) is 42.5 Å². The van der Waals surface area contributed by atoms with Crippen molar-refractivity contribution in [3.8, 4) is 11.5 Å². The third-order valence-corrected chi connectivity index (χ3v) is 4.42. The van der Waals surface area contributed by atoms with Gasteiger partial charge in [-0.05, 0) is 30.3 Å². The van der Waals surface area contributed by atoms with E-state index in [0.717, 1.165) is 17.1 Å². The van der Waals surface area contributed by atoms with Crippen molar-refractivity contribution >= 4 is 23.0 Å². The fourth-order valence-electron chi connectivity index (χ4n) is 2.75. The van der Waals surface area contributed by atoms with Crippen molar-refractivity contribution < 1.29 is 28.4 Å². The number of anilines is 2. The van der Waals surface area contributed by atoms with Crippen LogP contribution in [0, 0.1) is 0 Å². The maximum atomic E-state index is 6.20. The molecule has 0 radical (unpaired) electrons. The van der Waals surface area contributed by atoms with Gasteiger partial charge in [0.25, 0.3) is 0 Å². The molecule has 0 bridgehead atoms. The fraction of sp³-hybridized carbons (Fsp3) is 0.455. The van der Waals surface area contributed by atoms with Crippen molar-refractivity contribution in [3.05, 3.63) is 47.5 Å². The average molecular weight is 438 g/mol. The third-order valence-electron chi connectivity index (χ3n) is 4.18. The van der Waals surface area contributed by atoms with E-state index >= 15 is 0 Å². The Hall–Kier alpha value is -2.03. The van der Waals surface area contributed by atoms with Crippen LogP contribution in [0.4, 0.5) is 11.4 Å². The molecule has 2 aromatic rings. The summed E-state index contributed by atoms with van der Waals surface area (Å²) in [7, 11) is 0. The second-order valence-electron chi connectivity index (χ2n) is 6.41. The Labute approximate surface area is 182 Å². The van der Waals surface area contributed by atoms with E-state index in [4.69, 9.17) is 40.0 Å². The van der Waals surface area contributed by atoms with E-state index in [2.05, 4.69) is 5.32 Å². The molecule has 0 spiro atoms. The van der Waals surface area contributed by atoms with Crippen LogP contribution in [0.5, 0.6) is 11.5 Å². The summed E-state index contributed by atoms with van der Waals surface area (Å²) in [6, 6.07) is 13.1. The van der Waals surface area contributed by atoms with E-state index < -0.39 is 0 Å². The van der Waals surface area contributed by atoms with E-state index in [1.807, 2.05) is 36.4 Å². The lowest BCUT2D eigenvalue weighted by Crippen LogP contribution is -2.14. The molecule has 7 nitrogen and oxygen atoms in total. The predicted octanol–water partition coefficient (Wildman–Crippen LogP) is 3.92. The van der Waals surface area contributed by atoms with Crippen molar-refractivity contribution in [1.82, 2.24) is 0 Å². The Morgan fingerprint density at radius 1 is 0.567 bits per heavy atom. The topological polar surface area (TPSA) is 67.4 Å². The highest BCUT2D eigenvalue weighted by Crippen LogP contribution is 2.34. The first kappa shape index (κ1) is 22.7. The molecule has 0 saturated carbocycles. The van der Waals surface area contributed by atoms with E-state index in [-0.39, 0.29) is 0 Å². The number of para-hydroxylation sites is 2. The second kappa shape index (κ2) is 13.3. The van der Waals surface area contributed by atoms with E-state index in [9.17, 15) is 0 Å². The minimum absolute atomic E-state index is 0.412. The normalized spacial score (nSPS) is 17.8. The molecule has 30 heavy (non-hydrogen) atoms. The molecule has 0 amide bonds. The zero-order valence-electron chi connectivity index (χ0n) is 16.9. The number of benzene rings is 2. The summed E-state index contributed by atoms with van der Waals surface area (Å²) < 4.78 is 33.8. The highest BCUT2D eigenvalue weighted by Gasteiger charge is 2.09.